The molecule has 2 amide bonds. The largest absolute Gasteiger partial charge is 0.417 e. The van der Waals surface area contributed by atoms with E-state index < -0.39 is 56.9 Å². The van der Waals surface area contributed by atoms with Crippen molar-refractivity contribution in [3.8, 4) is 0 Å². The lowest BCUT2D eigenvalue weighted by molar-refractivity contribution is -0.139. The quantitative estimate of drug-likeness (QED) is 0.282. The molecule has 3 aromatic rings. The van der Waals surface area contributed by atoms with Gasteiger partial charge in [-0.15, -0.1) is 0 Å². The molecule has 1 aliphatic rings. The average molecular weight is 636 g/mol. The van der Waals surface area contributed by atoms with Crippen molar-refractivity contribution in [2.75, 3.05) is 10.8 Å². The van der Waals surface area contributed by atoms with E-state index in [9.17, 15) is 31.2 Å². The van der Waals surface area contributed by atoms with Gasteiger partial charge < -0.3 is 10.2 Å². The SMILES string of the molecule is Cc1ccc(CN(C(=O)CN(c2ccc(Cl)c(C(F)(F)F)c2)S(=O)(=O)c2ccccc2)[C@@H](C)C(=O)NC2CCCC2)cc1. The van der Waals surface area contributed by atoms with Gasteiger partial charge in [0.05, 0.1) is 21.2 Å². The number of aryl methyl sites for hydroxylation is 1. The Morgan fingerprint density at radius 2 is 1.63 bits per heavy atom. The first kappa shape index (κ1) is 32.3. The summed E-state index contributed by atoms with van der Waals surface area (Å²) in [6, 6.07) is 16.0. The molecule has 0 aliphatic heterocycles. The Bertz CT molecular complexity index is 1540. The number of carbonyl (C=O) groups is 2. The lowest BCUT2D eigenvalue weighted by atomic mass is 10.1. The number of benzene rings is 3. The first-order chi connectivity index (χ1) is 20.3. The van der Waals surface area contributed by atoms with Crippen LogP contribution in [0.2, 0.25) is 5.02 Å². The maximum absolute atomic E-state index is 14.0. The predicted molar refractivity (Wildman–Crippen MR) is 159 cm³/mol. The zero-order valence-electron chi connectivity index (χ0n) is 23.8. The van der Waals surface area contributed by atoms with Gasteiger partial charge in [-0.3, -0.25) is 13.9 Å². The molecule has 0 unspecified atom stereocenters. The number of rotatable bonds is 10. The van der Waals surface area contributed by atoms with Crippen LogP contribution in [0.3, 0.4) is 0 Å². The van der Waals surface area contributed by atoms with Crippen molar-refractivity contribution in [2.45, 2.75) is 69.2 Å². The summed E-state index contributed by atoms with van der Waals surface area (Å²) in [5.74, 6) is -1.16. The van der Waals surface area contributed by atoms with Crippen molar-refractivity contribution in [2.24, 2.45) is 0 Å². The lowest BCUT2D eigenvalue weighted by Crippen LogP contribution is -2.52. The van der Waals surface area contributed by atoms with E-state index in [1.165, 1.54) is 29.2 Å². The van der Waals surface area contributed by atoms with Gasteiger partial charge in [-0.25, -0.2) is 8.42 Å². The van der Waals surface area contributed by atoms with Crippen LogP contribution in [0.15, 0.2) is 77.7 Å². The van der Waals surface area contributed by atoms with Crippen molar-refractivity contribution in [1.82, 2.24) is 10.2 Å². The summed E-state index contributed by atoms with van der Waals surface area (Å²) in [6.07, 6.45) is -1.25. The standard InChI is InChI=1S/C31H33ClF3N3O4S/c1-21-12-14-23(15-13-21)19-37(22(2)30(40)36-24-8-6-7-9-24)29(39)20-38(43(41,42)26-10-4-3-5-11-26)25-16-17-28(32)27(18-25)31(33,34)35/h3-5,10-18,22,24H,6-9,19-20H2,1-2H3,(H,36,40)/t22-/m0/s1. The van der Waals surface area contributed by atoms with Crippen LogP contribution in [0.1, 0.15) is 49.3 Å². The second kappa shape index (κ2) is 13.4. The Balaban J connectivity index is 1.74. The van der Waals surface area contributed by atoms with Gasteiger partial charge in [0.2, 0.25) is 11.8 Å². The smallest absolute Gasteiger partial charge is 0.352 e. The summed E-state index contributed by atoms with van der Waals surface area (Å²) in [6.45, 7) is 2.57. The van der Waals surface area contributed by atoms with Gasteiger partial charge in [0.1, 0.15) is 12.6 Å². The van der Waals surface area contributed by atoms with Crippen molar-refractivity contribution in [3.63, 3.8) is 0 Å². The summed E-state index contributed by atoms with van der Waals surface area (Å²) >= 11 is 5.81. The van der Waals surface area contributed by atoms with Crippen molar-refractivity contribution < 1.29 is 31.2 Å². The van der Waals surface area contributed by atoms with E-state index in [0.29, 0.717) is 15.9 Å². The summed E-state index contributed by atoms with van der Waals surface area (Å²) in [7, 11) is -4.53. The predicted octanol–water partition coefficient (Wildman–Crippen LogP) is 6.34. The molecule has 0 saturated heterocycles. The highest BCUT2D eigenvalue weighted by molar-refractivity contribution is 7.92. The third-order valence-corrected chi connectivity index (χ3v) is 9.61. The van der Waals surface area contributed by atoms with Gasteiger partial charge in [0.15, 0.2) is 0 Å². The molecule has 3 aromatic carbocycles. The van der Waals surface area contributed by atoms with Gasteiger partial charge in [-0.1, -0.05) is 72.5 Å². The molecule has 1 aliphatic carbocycles. The van der Waals surface area contributed by atoms with E-state index in [1.807, 2.05) is 19.1 Å². The van der Waals surface area contributed by atoms with Crippen LogP contribution in [0, 0.1) is 6.92 Å². The van der Waals surface area contributed by atoms with E-state index in [2.05, 4.69) is 5.32 Å². The fourth-order valence-electron chi connectivity index (χ4n) is 5.00. The highest BCUT2D eigenvalue weighted by Crippen LogP contribution is 2.38. The number of sulfonamides is 1. The Morgan fingerprint density at radius 1 is 1.00 bits per heavy atom. The first-order valence-electron chi connectivity index (χ1n) is 13.9. The van der Waals surface area contributed by atoms with E-state index in [1.54, 1.807) is 25.1 Å². The number of nitrogens with zero attached hydrogens (tertiary/aromatic N) is 2. The third-order valence-electron chi connectivity index (χ3n) is 7.50. The van der Waals surface area contributed by atoms with Gasteiger partial charge in [-0.05, 0) is 62.6 Å². The number of nitrogens with one attached hydrogen (secondary N) is 1. The van der Waals surface area contributed by atoms with Crippen LogP contribution in [-0.2, 0) is 32.3 Å². The van der Waals surface area contributed by atoms with E-state index in [-0.39, 0.29) is 17.5 Å². The van der Waals surface area contributed by atoms with Gasteiger partial charge in [0.25, 0.3) is 10.0 Å². The van der Waals surface area contributed by atoms with Gasteiger partial charge >= 0.3 is 6.18 Å². The highest BCUT2D eigenvalue weighted by atomic mass is 35.5. The van der Waals surface area contributed by atoms with Crippen molar-refractivity contribution >= 4 is 39.1 Å². The molecule has 0 radical (unpaired) electrons. The molecule has 1 N–H and O–H groups in total. The van der Waals surface area contributed by atoms with Crippen molar-refractivity contribution in [1.29, 1.82) is 0 Å². The minimum absolute atomic E-state index is 0.0175. The Morgan fingerprint density at radius 3 is 2.23 bits per heavy atom. The van der Waals surface area contributed by atoms with Crippen molar-refractivity contribution in [3.05, 3.63) is 94.5 Å². The van der Waals surface area contributed by atoms with Crippen LogP contribution in [0.4, 0.5) is 18.9 Å². The van der Waals surface area contributed by atoms with Crippen LogP contribution in [0.25, 0.3) is 0 Å². The molecule has 1 fully saturated rings. The first-order valence-corrected chi connectivity index (χ1v) is 15.7. The number of halogens is 4. The Hall–Kier alpha value is -3.57. The molecule has 4 rings (SSSR count). The Labute approximate surface area is 254 Å². The van der Waals surface area contributed by atoms with Crippen LogP contribution < -0.4 is 9.62 Å². The molecule has 1 atom stereocenters. The zero-order valence-corrected chi connectivity index (χ0v) is 25.3. The molecule has 1 saturated carbocycles. The Kier molecular flexibility index (Phi) is 10.1. The number of hydrogen-bond acceptors (Lipinski definition) is 4. The van der Waals surface area contributed by atoms with E-state index in [0.717, 1.165) is 43.4 Å². The highest BCUT2D eigenvalue weighted by Gasteiger charge is 2.37. The zero-order chi connectivity index (χ0) is 31.4. The summed E-state index contributed by atoms with van der Waals surface area (Å²) < 4.78 is 69.6. The molecule has 230 valence electrons. The average Bonchev–Trinajstić information content (AvgIpc) is 3.48. The maximum Gasteiger partial charge on any atom is 0.417 e. The maximum atomic E-state index is 14.0. The minimum Gasteiger partial charge on any atom is -0.352 e. The molecular weight excluding hydrogens is 603 g/mol. The number of carbonyl (C=O) groups excluding carboxylic acids is 2. The summed E-state index contributed by atoms with van der Waals surface area (Å²) in [5.41, 5.74) is 0.0419. The summed E-state index contributed by atoms with van der Waals surface area (Å²) in [5, 5.41) is 2.36. The fourth-order valence-corrected chi connectivity index (χ4v) is 6.65. The monoisotopic (exact) mass is 635 g/mol. The van der Waals surface area contributed by atoms with Crippen LogP contribution in [-0.4, -0.2) is 43.8 Å². The number of amides is 2. The number of alkyl halides is 3. The molecule has 7 nitrogen and oxygen atoms in total. The molecule has 43 heavy (non-hydrogen) atoms. The van der Waals surface area contributed by atoms with Gasteiger partial charge in [0, 0.05) is 12.6 Å². The second-order valence-electron chi connectivity index (χ2n) is 10.7. The minimum atomic E-state index is -4.87. The number of hydrogen-bond donors (Lipinski definition) is 1. The molecular formula is C31H33ClF3N3O4S. The van der Waals surface area contributed by atoms with Gasteiger partial charge in [-0.2, -0.15) is 13.2 Å². The fraction of sp³-hybridized carbons (Fsp3) is 0.355. The molecule has 0 heterocycles. The molecule has 12 heteroatoms. The second-order valence-corrected chi connectivity index (χ2v) is 12.9. The molecule has 0 bridgehead atoms. The number of anilines is 1. The normalized spacial score (nSPS) is 14.7. The van der Waals surface area contributed by atoms with E-state index in [4.69, 9.17) is 11.6 Å². The lowest BCUT2D eigenvalue weighted by Gasteiger charge is -2.32. The summed E-state index contributed by atoms with van der Waals surface area (Å²) in [4.78, 5) is 28.3. The van der Waals surface area contributed by atoms with Crippen LogP contribution in [0.5, 0.6) is 0 Å². The van der Waals surface area contributed by atoms with E-state index >= 15 is 0 Å². The van der Waals surface area contributed by atoms with Crippen LogP contribution >= 0.6 is 11.6 Å². The third kappa shape index (κ3) is 7.88. The molecule has 0 spiro atoms. The topological polar surface area (TPSA) is 86.8 Å². The molecule has 0 aromatic heterocycles.